The van der Waals surface area contributed by atoms with Gasteiger partial charge in [0.15, 0.2) is 0 Å². The van der Waals surface area contributed by atoms with E-state index in [2.05, 4.69) is 41.8 Å². The van der Waals surface area contributed by atoms with Crippen LogP contribution >= 0.6 is 0 Å². The first-order valence-electron chi connectivity index (χ1n) is 10.9. The molecule has 2 amide bonds. The molecule has 5 nitrogen and oxygen atoms in total. The van der Waals surface area contributed by atoms with Gasteiger partial charge < -0.3 is 15.5 Å². The van der Waals surface area contributed by atoms with Gasteiger partial charge in [-0.15, -0.1) is 0 Å². The quantitative estimate of drug-likeness (QED) is 0.758. The van der Waals surface area contributed by atoms with Gasteiger partial charge in [-0.25, -0.2) is 0 Å². The van der Waals surface area contributed by atoms with Crippen LogP contribution in [0.3, 0.4) is 0 Å². The van der Waals surface area contributed by atoms with Gasteiger partial charge in [-0.3, -0.25) is 9.59 Å². The molecule has 28 heavy (non-hydrogen) atoms. The summed E-state index contributed by atoms with van der Waals surface area (Å²) in [5.41, 5.74) is 1.38. The fraction of sp³-hybridized carbons (Fsp3) is 0.652. The lowest BCUT2D eigenvalue weighted by atomic mass is 9.84. The molecule has 1 aromatic carbocycles. The van der Waals surface area contributed by atoms with Crippen molar-refractivity contribution in [3.8, 4) is 0 Å². The van der Waals surface area contributed by atoms with E-state index < -0.39 is 0 Å². The highest BCUT2D eigenvalue weighted by atomic mass is 16.2. The van der Waals surface area contributed by atoms with Crippen LogP contribution in [0.5, 0.6) is 0 Å². The molecular weight excluding hydrogens is 350 g/mol. The van der Waals surface area contributed by atoms with Crippen LogP contribution in [-0.4, -0.2) is 49.4 Å². The number of piperidine rings is 2. The smallest absolute Gasteiger partial charge is 0.241 e. The molecule has 1 unspecified atom stereocenters. The van der Waals surface area contributed by atoms with Gasteiger partial charge >= 0.3 is 0 Å². The largest absolute Gasteiger partial charge is 0.347 e. The van der Waals surface area contributed by atoms with Crippen molar-refractivity contribution in [1.29, 1.82) is 0 Å². The van der Waals surface area contributed by atoms with Crippen LogP contribution in [-0.2, 0) is 16.0 Å². The zero-order valence-corrected chi connectivity index (χ0v) is 17.2. The van der Waals surface area contributed by atoms with Crippen LogP contribution in [0.2, 0.25) is 0 Å². The van der Waals surface area contributed by atoms with Gasteiger partial charge in [0.25, 0.3) is 0 Å². The third-order valence-electron chi connectivity index (χ3n) is 6.47. The Bertz CT molecular complexity index is 620. The average molecular weight is 386 g/mol. The molecule has 0 aromatic heterocycles. The van der Waals surface area contributed by atoms with Gasteiger partial charge in [0, 0.05) is 19.5 Å². The highest BCUT2D eigenvalue weighted by Gasteiger charge is 2.25. The second-order valence-electron chi connectivity index (χ2n) is 8.56. The van der Waals surface area contributed by atoms with E-state index in [0.29, 0.717) is 24.2 Å². The van der Waals surface area contributed by atoms with E-state index in [9.17, 15) is 9.59 Å². The number of hydrogen-bond donors (Lipinski definition) is 2. The average Bonchev–Trinajstić information content (AvgIpc) is 2.74. The van der Waals surface area contributed by atoms with Crippen molar-refractivity contribution in [3.63, 3.8) is 0 Å². The van der Waals surface area contributed by atoms with E-state index in [0.717, 1.165) is 58.3 Å². The summed E-state index contributed by atoms with van der Waals surface area (Å²) in [5, 5.41) is 6.22. The number of rotatable bonds is 7. The van der Waals surface area contributed by atoms with E-state index in [-0.39, 0.29) is 18.4 Å². The van der Waals surface area contributed by atoms with Crippen LogP contribution in [0, 0.1) is 17.8 Å². The molecule has 0 aliphatic carbocycles. The van der Waals surface area contributed by atoms with Crippen molar-refractivity contribution >= 4 is 11.8 Å². The molecule has 5 heteroatoms. The van der Waals surface area contributed by atoms with Crippen molar-refractivity contribution in [2.45, 2.75) is 45.4 Å². The molecule has 0 spiro atoms. The van der Waals surface area contributed by atoms with E-state index in [4.69, 9.17) is 0 Å². The van der Waals surface area contributed by atoms with Crippen molar-refractivity contribution in [2.75, 3.05) is 32.7 Å². The Labute approximate surface area is 169 Å². The van der Waals surface area contributed by atoms with E-state index in [1.807, 2.05) is 11.0 Å². The normalized spacial score (nSPS) is 20.0. The molecule has 2 fully saturated rings. The lowest BCUT2D eigenvalue weighted by Crippen LogP contribution is -2.44. The molecule has 0 radical (unpaired) electrons. The van der Waals surface area contributed by atoms with Crippen LogP contribution in [0.4, 0.5) is 0 Å². The second-order valence-corrected chi connectivity index (χ2v) is 8.56. The molecule has 1 aromatic rings. The zero-order chi connectivity index (χ0) is 19.8. The summed E-state index contributed by atoms with van der Waals surface area (Å²) in [6.45, 7) is 6.01. The number of carbonyl (C=O) groups is 2. The van der Waals surface area contributed by atoms with Crippen LogP contribution in [0.15, 0.2) is 30.3 Å². The number of nitrogens with zero attached hydrogens (tertiary/aromatic N) is 1. The maximum atomic E-state index is 12.5. The third kappa shape index (κ3) is 6.33. The minimum absolute atomic E-state index is 0.0124. The third-order valence-corrected chi connectivity index (χ3v) is 6.47. The number of nitrogens with one attached hydrogen (secondary N) is 2. The summed E-state index contributed by atoms with van der Waals surface area (Å²) in [6, 6.07) is 10.6. The van der Waals surface area contributed by atoms with Crippen LogP contribution < -0.4 is 10.6 Å². The van der Waals surface area contributed by atoms with Gasteiger partial charge in [-0.05, 0) is 68.5 Å². The predicted octanol–water partition coefficient (Wildman–Crippen LogP) is 2.61. The van der Waals surface area contributed by atoms with E-state index in [1.54, 1.807) is 0 Å². The van der Waals surface area contributed by atoms with E-state index >= 15 is 0 Å². The molecule has 2 heterocycles. The maximum absolute atomic E-state index is 12.5. The highest BCUT2D eigenvalue weighted by molar-refractivity contribution is 5.84. The fourth-order valence-electron chi connectivity index (χ4n) is 4.56. The molecule has 0 saturated carbocycles. The predicted molar refractivity (Wildman–Crippen MR) is 112 cm³/mol. The molecular formula is C23H35N3O2. The highest BCUT2D eigenvalue weighted by Crippen LogP contribution is 2.24. The topological polar surface area (TPSA) is 61.4 Å². The first-order valence-corrected chi connectivity index (χ1v) is 10.9. The summed E-state index contributed by atoms with van der Waals surface area (Å²) in [5.74, 6) is 1.71. The Morgan fingerprint density at radius 2 is 1.79 bits per heavy atom. The summed E-state index contributed by atoms with van der Waals surface area (Å²) in [4.78, 5) is 26.6. The van der Waals surface area contributed by atoms with Crippen molar-refractivity contribution in [1.82, 2.24) is 15.5 Å². The van der Waals surface area contributed by atoms with Gasteiger partial charge in [-0.2, -0.15) is 0 Å². The number of hydrogen-bond acceptors (Lipinski definition) is 3. The van der Waals surface area contributed by atoms with Crippen molar-refractivity contribution in [3.05, 3.63) is 35.9 Å². The first-order chi connectivity index (χ1) is 13.6. The summed E-state index contributed by atoms with van der Waals surface area (Å²) < 4.78 is 0. The molecule has 2 aliphatic heterocycles. The van der Waals surface area contributed by atoms with Crippen molar-refractivity contribution < 1.29 is 9.59 Å². The molecule has 2 aliphatic rings. The Hall–Kier alpha value is -1.88. The molecule has 3 rings (SSSR count). The molecule has 2 N–H and O–H groups in total. The molecule has 154 valence electrons. The number of amides is 2. The summed E-state index contributed by atoms with van der Waals surface area (Å²) in [7, 11) is 0. The summed E-state index contributed by atoms with van der Waals surface area (Å²) in [6.07, 6.45) is 5.99. The van der Waals surface area contributed by atoms with E-state index in [1.165, 1.54) is 5.56 Å². The number of benzene rings is 1. The Balaban J connectivity index is 1.33. The number of carbonyl (C=O) groups excluding carboxylic acids is 2. The zero-order valence-electron chi connectivity index (χ0n) is 17.2. The lowest BCUT2D eigenvalue weighted by Gasteiger charge is -2.32. The van der Waals surface area contributed by atoms with Crippen LogP contribution in [0.1, 0.15) is 44.6 Å². The maximum Gasteiger partial charge on any atom is 0.241 e. The standard InChI is InChI=1S/C23H35N3O2/c1-18(21-7-11-24-12-8-21)15-22(27)25-17-23(28)26-13-9-20(10-14-26)16-19-5-3-2-4-6-19/h2-6,18,20-21,24H,7-17H2,1H3,(H,25,27). The Morgan fingerprint density at radius 1 is 1.11 bits per heavy atom. The van der Waals surface area contributed by atoms with Gasteiger partial charge in [0.2, 0.25) is 11.8 Å². The Morgan fingerprint density at radius 3 is 2.46 bits per heavy atom. The molecule has 0 bridgehead atoms. The Kier molecular flexibility index (Phi) is 7.90. The summed E-state index contributed by atoms with van der Waals surface area (Å²) >= 11 is 0. The SMILES string of the molecule is CC(CC(=O)NCC(=O)N1CCC(Cc2ccccc2)CC1)C1CCNCC1. The van der Waals surface area contributed by atoms with Gasteiger partial charge in [-0.1, -0.05) is 37.3 Å². The second kappa shape index (κ2) is 10.6. The molecule has 1 atom stereocenters. The van der Waals surface area contributed by atoms with Crippen molar-refractivity contribution in [2.24, 2.45) is 17.8 Å². The molecule has 2 saturated heterocycles. The van der Waals surface area contributed by atoms with Gasteiger partial charge in [0.05, 0.1) is 6.54 Å². The first kappa shape index (κ1) is 20.8. The lowest BCUT2D eigenvalue weighted by molar-refractivity contribution is -0.134. The minimum Gasteiger partial charge on any atom is -0.347 e. The fourth-order valence-corrected chi connectivity index (χ4v) is 4.56. The number of likely N-dealkylation sites (tertiary alicyclic amines) is 1. The van der Waals surface area contributed by atoms with Crippen LogP contribution in [0.25, 0.3) is 0 Å². The minimum atomic E-state index is 0.0124. The monoisotopic (exact) mass is 385 g/mol. The van der Waals surface area contributed by atoms with Gasteiger partial charge in [0.1, 0.15) is 0 Å².